The number of para-hydroxylation sites is 3. The predicted octanol–water partition coefficient (Wildman–Crippen LogP) is 4.80. The normalized spacial score (nSPS) is 10.5. The Balaban J connectivity index is 1.56. The molecule has 0 fully saturated rings. The molecule has 160 valence electrons. The number of benzene rings is 3. The first-order valence-electron chi connectivity index (χ1n) is 10.2. The van der Waals surface area contributed by atoms with E-state index < -0.39 is 0 Å². The van der Waals surface area contributed by atoms with Crippen LogP contribution in [0.4, 0.5) is 17.1 Å². The van der Waals surface area contributed by atoms with Crippen LogP contribution in [0.1, 0.15) is 24.2 Å². The number of amides is 2. The smallest absolute Gasteiger partial charge is 0.258 e. The quantitative estimate of drug-likeness (QED) is 0.552. The summed E-state index contributed by atoms with van der Waals surface area (Å²) >= 11 is 0. The Labute approximate surface area is 182 Å². The Morgan fingerprint density at radius 1 is 0.903 bits per heavy atom. The van der Waals surface area contributed by atoms with Gasteiger partial charge in [0, 0.05) is 24.0 Å². The van der Waals surface area contributed by atoms with E-state index in [9.17, 15) is 9.59 Å². The van der Waals surface area contributed by atoms with Crippen LogP contribution in [0.2, 0.25) is 0 Å². The first kappa shape index (κ1) is 21.9. The molecule has 0 aromatic heterocycles. The van der Waals surface area contributed by atoms with Crippen molar-refractivity contribution in [2.24, 2.45) is 0 Å². The van der Waals surface area contributed by atoms with Crippen molar-refractivity contribution < 1.29 is 14.3 Å². The van der Waals surface area contributed by atoms with Crippen molar-refractivity contribution in [2.75, 3.05) is 29.1 Å². The van der Waals surface area contributed by atoms with Gasteiger partial charge in [-0.1, -0.05) is 30.3 Å². The molecule has 0 heterocycles. The van der Waals surface area contributed by atoms with Gasteiger partial charge in [-0.15, -0.1) is 0 Å². The Bertz CT molecular complexity index is 1020. The molecule has 0 atom stereocenters. The first-order chi connectivity index (χ1) is 14.9. The third-order valence-corrected chi connectivity index (χ3v) is 4.56. The molecule has 0 aliphatic heterocycles. The van der Waals surface area contributed by atoms with Crippen molar-refractivity contribution in [1.29, 1.82) is 0 Å². The largest absolute Gasteiger partial charge is 0.489 e. The number of anilines is 3. The molecule has 0 aliphatic carbocycles. The molecule has 6 heteroatoms. The third kappa shape index (κ3) is 6.09. The van der Waals surface area contributed by atoms with Gasteiger partial charge in [-0.25, -0.2) is 0 Å². The van der Waals surface area contributed by atoms with E-state index in [2.05, 4.69) is 10.6 Å². The number of rotatable bonds is 8. The molecule has 0 saturated heterocycles. The van der Waals surface area contributed by atoms with Crippen molar-refractivity contribution in [3.63, 3.8) is 0 Å². The van der Waals surface area contributed by atoms with E-state index in [1.54, 1.807) is 42.3 Å². The van der Waals surface area contributed by atoms with Crippen LogP contribution in [0.25, 0.3) is 0 Å². The molecule has 31 heavy (non-hydrogen) atoms. The van der Waals surface area contributed by atoms with E-state index in [4.69, 9.17) is 4.74 Å². The van der Waals surface area contributed by atoms with Gasteiger partial charge >= 0.3 is 0 Å². The Morgan fingerprint density at radius 2 is 1.55 bits per heavy atom. The summed E-state index contributed by atoms with van der Waals surface area (Å²) in [6.45, 7) is 3.96. The van der Waals surface area contributed by atoms with Gasteiger partial charge in [0.1, 0.15) is 5.75 Å². The fraction of sp³-hybridized carbons (Fsp3) is 0.200. The van der Waals surface area contributed by atoms with E-state index in [1.807, 2.05) is 62.4 Å². The molecule has 2 amide bonds. The van der Waals surface area contributed by atoms with E-state index in [1.165, 1.54) is 0 Å². The number of carbonyl (C=O) groups is 2. The average molecular weight is 418 g/mol. The highest BCUT2D eigenvalue weighted by Crippen LogP contribution is 2.24. The van der Waals surface area contributed by atoms with E-state index >= 15 is 0 Å². The number of hydrogen-bond donors (Lipinski definition) is 2. The number of nitrogens with one attached hydrogen (secondary N) is 2. The van der Waals surface area contributed by atoms with Crippen LogP contribution in [0.5, 0.6) is 5.75 Å². The average Bonchev–Trinajstić information content (AvgIpc) is 2.78. The fourth-order valence-corrected chi connectivity index (χ4v) is 3.00. The summed E-state index contributed by atoms with van der Waals surface area (Å²) in [6.07, 6.45) is 0.0123. The second-order valence-electron chi connectivity index (χ2n) is 7.34. The maximum absolute atomic E-state index is 12.7. The van der Waals surface area contributed by atoms with Crippen LogP contribution >= 0.6 is 0 Å². The molecule has 3 aromatic carbocycles. The topological polar surface area (TPSA) is 70.7 Å². The summed E-state index contributed by atoms with van der Waals surface area (Å²) in [5, 5.41) is 5.94. The maximum Gasteiger partial charge on any atom is 0.258 e. The molecule has 0 radical (unpaired) electrons. The third-order valence-electron chi connectivity index (χ3n) is 4.56. The fourth-order valence-electron chi connectivity index (χ4n) is 3.00. The molecule has 3 aromatic rings. The molecule has 6 nitrogen and oxygen atoms in total. The standard InChI is InChI=1S/C25H27N3O3/c1-18(2)31-23-12-8-7-11-22(23)27-24(29)17-26-20-15-13-19(14-16-20)25(30)28(3)21-9-5-4-6-10-21/h4-16,18,26H,17H2,1-3H3,(H,27,29). The van der Waals surface area contributed by atoms with Crippen molar-refractivity contribution in [1.82, 2.24) is 0 Å². The molecule has 0 unspecified atom stereocenters. The van der Waals surface area contributed by atoms with Gasteiger partial charge in [-0.3, -0.25) is 9.59 Å². The van der Waals surface area contributed by atoms with Crippen LogP contribution in [0.15, 0.2) is 78.9 Å². The van der Waals surface area contributed by atoms with E-state index in [0.29, 0.717) is 17.0 Å². The molecule has 0 saturated carbocycles. The summed E-state index contributed by atoms with van der Waals surface area (Å²) in [5.74, 6) is 0.345. The number of carbonyl (C=O) groups excluding carboxylic acids is 2. The molecule has 0 aliphatic rings. The zero-order valence-electron chi connectivity index (χ0n) is 18.0. The van der Waals surface area contributed by atoms with Crippen molar-refractivity contribution >= 4 is 28.9 Å². The lowest BCUT2D eigenvalue weighted by atomic mass is 10.1. The SMILES string of the molecule is CC(C)Oc1ccccc1NC(=O)CNc1ccc(C(=O)N(C)c2ccccc2)cc1. The maximum atomic E-state index is 12.7. The lowest BCUT2D eigenvalue weighted by Gasteiger charge is -2.17. The van der Waals surface area contributed by atoms with Crippen LogP contribution in [-0.4, -0.2) is 31.5 Å². The Morgan fingerprint density at radius 3 is 2.23 bits per heavy atom. The summed E-state index contributed by atoms with van der Waals surface area (Å²) in [5.41, 5.74) is 2.78. The number of ether oxygens (including phenoxy) is 1. The molecule has 0 spiro atoms. The van der Waals surface area contributed by atoms with Crippen LogP contribution in [-0.2, 0) is 4.79 Å². The molecular formula is C25H27N3O3. The monoisotopic (exact) mass is 417 g/mol. The lowest BCUT2D eigenvalue weighted by Crippen LogP contribution is -2.26. The van der Waals surface area contributed by atoms with Gasteiger partial charge in [0.2, 0.25) is 5.91 Å². The Kier molecular flexibility index (Phi) is 7.27. The van der Waals surface area contributed by atoms with Gasteiger partial charge < -0.3 is 20.3 Å². The van der Waals surface area contributed by atoms with Crippen molar-refractivity contribution in [2.45, 2.75) is 20.0 Å². The number of nitrogens with zero attached hydrogens (tertiary/aromatic N) is 1. The zero-order chi connectivity index (χ0) is 22.2. The lowest BCUT2D eigenvalue weighted by molar-refractivity contribution is -0.114. The minimum Gasteiger partial charge on any atom is -0.489 e. The van der Waals surface area contributed by atoms with Crippen molar-refractivity contribution in [3.8, 4) is 5.75 Å². The zero-order valence-corrected chi connectivity index (χ0v) is 18.0. The van der Waals surface area contributed by atoms with Gasteiger partial charge in [0.15, 0.2) is 0 Å². The minimum atomic E-state index is -0.191. The van der Waals surface area contributed by atoms with Gasteiger partial charge in [0.25, 0.3) is 5.91 Å². The van der Waals surface area contributed by atoms with Crippen LogP contribution < -0.4 is 20.3 Å². The van der Waals surface area contributed by atoms with Crippen LogP contribution in [0, 0.1) is 0 Å². The molecule has 3 rings (SSSR count). The van der Waals surface area contributed by atoms with E-state index in [0.717, 1.165) is 11.4 Å². The summed E-state index contributed by atoms with van der Waals surface area (Å²) in [4.78, 5) is 26.6. The Hall–Kier alpha value is -3.80. The highest BCUT2D eigenvalue weighted by Gasteiger charge is 2.13. The van der Waals surface area contributed by atoms with Gasteiger partial charge in [-0.05, 0) is 62.4 Å². The van der Waals surface area contributed by atoms with Crippen LogP contribution in [0.3, 0.4) is 0 Å². The summed E-state index contributed by atoms with van der Waals surface area (Å²) < 4.78 is 5.72. The van der Waals surface area contributed by atoms with Crippen molar-refractivity contribution in [3.05, 3.63) is 84.4 Å². The summed E-state index contributed by atoms with van der Waals surface area (Å²) in [6, 6.07) is 23.9. The van der Waals surface area contributed by atoms with Gasteiger partial charge in [0.05, 0.1) is 18.3 Å². The second-order valence-corrected chi connectivity index (χ2v) is 7.34. The van der Waals surface area contributed by atoms with Gasteiger partial charge in [-0.2, -0.15) is 0 Å². The molecule has 0 bridgehead atoms. The number of hydrogen-bond acceptors (Lipinski definition) is 4. The highest BCUT2D eigenvalue weighted by atomic mass is 16.5. The molecule has 2 N–H and O–H groups in total. The minimum absolute atomic E-state index is 0.0123. The molecular weight excluding hydrogens is 390 g/mol. The summed E-state index contributed by atoms with van der Waals surface area (Å²) in [7, 11) is 1.75. The second kappa shape index (κ2) is 10.3. The first-order valence-corrected chi connectivity index (χ1v) is 10.2. The predicted molar refractivity (Wildman–Crippen MR) is 125 cm³/mol. The highest BCUT2D eigenvalue weighted by molar-refractivity contribution is 6.05. The van der Waals surface area contributed by atoms with E-state index in [-0.39, 0.29) is 24.5 Å².